The lowest BCUT2D eigenvalue weighted by Crippen LogP contribution is -2.49. The molecule has 2 rings (SSSR count). The smallest absolute Gasteiger partial charge is 0.238 e. The van der Waals surface area contributed by atoms with Gasteiger partial charge >= 0.3 is 0 Å². The molecule has 0 bridgehead atoms. The van der Waals surface area contributed by atoms with Crippen molar-refractivity contribution >= 4 is 17.7 Å². The number of nitrogens with zero attached hydrogens (tertiary/aromatic N) is 3. The first kappa shape index (κ1) is 12.4. The van der Waals surface area contributed by atoms with Crippen molar-refractivity contribution in [2.45, 2.75) is 12.5 Å². The van der Waals surface area contributed by atoms with E-state index in [1.807, 2.05) is 18.8 Å². The highest BCUT2D eigenvalue weighted by atomic mass is 32.2. The van der Waals surface area contributed by atoms with Crippen LogP contribution in [-0.4, -0.2) is 51.3 Å². The Hall–Kier alpha value is -1.08. The van der Waals surface area contributed by atoms with E-state index < -0.39 is 0 Å². The molecule has 7 heteroatoms. The Labute approximate surface area is 105 Å². The van der Waals surface area contributed by atoms with Crippen LogP contribution >= 0.6 is 11.8 Å². The van der Waals surface area contributed by atoms with E-state index in [9.17, 15) is 4.79 Å². The summed E-state index contributed by atoms with van der Waals surface area (Å²) in [5.41, 5.74) is 0. The first-order chi connectivity index (χ1) is 8.25. The molecule has 6 nitrogen and oxygen atoms in total. The van der Waals surface area contributed by atoms with Gasteiger partial charge in [-0.25, -0.2) is 4.98 Å². The molecule has 0 radical (unpaired) electrons. The lowest BCUT2D eigenvalue weighted by Gasteiger charge is -2.22. The van der Waals surface area contributed by atoms with Gasteiger partial charge in [0.15, 0.2) is 5.82 Å². The van der Waals surface area contributed by atoms with Crippen LogP contribution < -0.4 is 10.6 Å². The summed E-state index contributed by atoms with van der Waals surface area (Å²) in [5, 5.41) is 10.3. The summed E-state index contributed by atoms with van der Waals surface area (Å²) in [6.45, 7) is 1.50. The minimum Gasteiger partial charge on any atom is -0.354 e. The van der Waals surface area contributed by atoms with Crippen LogP contribution in [-0.2, 0) is 18.3 Å². The van der Waals surface area contributed by atoms with Crippen molar-refractivity contribution in [3.8, 4) is 0 Å². The summed E-state index contributed by atoms with van der Waals surface area (Å²) < 4.78 is 1.66. The predicted octanol–water partition coefficient (Wildman–Crippen LogP) is -0.821. The first-order valence-electron chi connectivity index (χ1n) is 5.69. The maximum absolute atomic E-state index is 11.8. The molecule has 1 aromatic rings. The fraction of sp³-hybridized carbons (Fsp3) is 0.700. The van der Waals surface area contributed by atoms with Crippen molar-refractivity contribution in [2.24, 2.45) is 7.05 Å². The van der Waals surface area contributed by atoms with E-state index in [0.29, 0.717) is 13.0 Å². The largest absolute Gasteiger partial charge is 0.354 e. The van der Waals surface area contributed by atoms with Crippen molar-refractivity contribution in [3.05, 3.63) is 12.2 Å². The number of hydrogen-bond donors (Lipinski definition) is 2. The van der Waals surface area contributed by atoms with Gasteiger partial charge in [0, 0.05) is 38.1 Å². The van der Waals surface area contributed by atoms with Gasteiger partial charge in [0.05, 0.1) is 6.04 Å². The van der Waals surface area contributed by atoms with Gasteiger partial charge < -0.3 is 10.6 Å². The zero-order valence-corrected chi connectivity index (χ0v) is 10.7. The van der Waals surface area contributed by atoms with Crippen molar-refractivity contribution in [1.82, 2.24) is 25.4 Å². The molecule has 1 unspecified atom stereocenters. The Morgan fingerprint density at radius 1 is 1.76 bits per heavy atom. The summed E-state index contributed by atoms with van der Waals surface area (Å²) in [6, 6.07) is -0.0505. The molecule has 0 aliphatic carbocycles. The molecule has 2 N–H and O–H groups in total. The minimum absolute atomic E-state index is 0.0505. The van der Waals surface area contributed by atoms with Crippen LogP contribution in [0.15, 0.2) is 6.33 Å². The standard InChI is InChI=1S/C10H17N5OS/c1-15-7-13-9(14-15)2-3-12-10(16)8-6-17-5-4-11-8/h7-8,11H,2-6H2,1H3,(H,12,16). The molecule has 94 valence electrons. The Morgan fingerprint density at radius 2 is 2.65 bits per heavy atom. The molecule has 1 aliphatic rings. The van der Waals surface area contributed by atoms with E-state index >= 15 is 0 Å². The van der Waals surface area contributed by atoms with E-state index in [1.54, 1.807) is 11.0 Å². The Morgan fingerprint density at radius 3 is 3.29 bits per heavy atom. The minimum atomic E-state index is -0.0505. The lowest BCUT2D eigenvalue weighted by atomic mass is 10.3. The molecule has 1 amide bonds. The number of thioether (sulfide) groups is 1. The van der Waals surface area contributed by atoms with Gasteiger partial charge in [0.25, 0.3) is 0 Å². The molecule has 0 aromatic carbocycles. The van der Waals surface area contributed by atoms with Crippen molar-refractivity contribution < 1.29 is 4.79 Å². The van der Waals surface area contributed by atoms with Crippen LogP contribution in [0.5, 0.6) is 0 Å². The second-order valence-corrected chi connectivity index (χ2v) is 5.11. The third-order valence-corrected chi connectivity index (χ3v) is 3.59. The van der Waals surface area contributed by atoms with Gasteiger partial charge in [-0.3, -0.25) is 9.48 Å². The summed E-state index contributed by atoms with van der Waals surface area (Å²) in [7, 11) is 1.83. The van der Waals surface area contributed by atoms with E-state index in [2.05, 4.69) is 20.7 Å². The third kappa shape index (κ3) is 3.71. The molecule has 1 aliphatic heterocycles. The van der Waals surface area contributed by atoms with Crippen molar-refractivity contribution in [1.29, 1.82) is 0 Å². The Kier molecular flexibility index (Phi) is 4.38. The molecule has 1 fully saturated rings. The number of amides is 1. The molecule has 17 heavy (non-hydrogen) atoms. The monoisotopic (exact) mass is 255 g/mol. The van der Waals surface area contributed by atoms with Gasteiger partial charge in [0.1, 0.15) is 6.33 Å². The summed E-state index contributed by atoms with van der Waals surface area (Å²) in [4.78, 5) is 15.9. The molecule has 0 saturated carbocycles. The van der Waals surface area contributed by atoms with Crippen LogP contribution in [0.1, 0.15) is 5.82 Å². The van der Waals surface area contributed by atoms with Gasteiger partial charge in [-0.2, -0.15) is 16.9 Å². The van der Waals surface area contributed by atoms with Gasteiger partial charge in [-0.15, -0.1) is 0 Å². The number of aromatic nitrogens is 3. The quantitative estimate of drug-likeness (QED) is 0.735. The molecule has 0 spiro atoms. The predicted molar refractivity (Wildman–Crippen MR) is 66.8 cm³/mol. The van der Waals surface area contributed by atoms with E-state index in [4.69, 9.17) is 0 Å². The Bertz CT molecular complexity index is 375. The second kappa shape index (κ2) is 6.02. The fourth-order valence-electron chi connectivity index (χ4n) is 1.65. The highest BCUT2D eigenvalue weighted by Gasteiger charge is 2.20. The fourth-order valence-corrected chi connectivity index (χ4v) is 2.59. The van der Waals surface area contributed by atoms with Crippen LogP contribution in [0.2, 0.25) is 0 Å². The zero-order chi connectivity index (χ0) is 12.1. The molecule has 1 saturated heterocycles. The first-order valence-corrected chi connectivity index (χ1v) is 6.84. The molecular formula is C10H17N5OS. The summed E-state index contributed by atoms with van der Waals surface area (Å²) in [6.07, 6.45) is 2.34. The number of carbonyl (C=O) groups excluding carboxylic acids is 1. The van der Waals surface area contributed by atoms with Crippen molar-refractivity contribution in [2.75, 3.05) is 24.6 Å². The van der Waals surface area contributed by atoms with Crippen LogP contribution in [0.3, 0.4) is 0 Å². The number of carbonyl (C=O) groups is 1. The maximum atomic E-state index is 11.8. The average molecular weight is 255 g/mol. The zero-order valence-electron chi connectivity index (χ0n) is 9.85. The second-order valence-electron chi connectivity index (χ2n) is 3.96. The van der Waals surface area contributed by atoms with Gasteiger partial charge in [-0.05, 0) is 0 Å². The number of rotatable bonds is 4. The maximum Gasteiger partial charge on any atom is 0.238 e. The van der Waals surface area contributed by atoms with E-state index in [-0.39, 0.29) is 11.9 Å². The number of hydrogen-bond acceptors (Lipinski definition) is 5. The normalized spacial score (nSPS) is 20.2. The number of nitrogens with one attached hydrogen (secondary N) is 2. The number of aryl methyl sites for hydroxylation is 1. The van der Waals surface area contributed by atoms with Crippen molar-refractivity contribution in [3.63, 3.8) is 0 Å². The highest BCUT2D eigenvalue weighted by Crippen LogP contribution is 2.07. The van der Waals surface area contributed by atoms with E-state index in [1.165, 1.54) is 0 Å². The van der Waals surface area contributed by atoms with Crippen LogP contribution in [0.4, 0.5) is 0 Å². The lowest BCUT2D eigenvalue weighted by molar-refractivity contribution is -0.122. The van der Waals surface area contributed by atoms with Crippen LogP contribution in [0, 0.1) is 0 Å². The SMILES string of the molecule is Cn1cnc(CCNC(=O)C2CSCCN2)n1. The Balaban J connectivity index is 1.69. The van der Waals surface area contributed by atoms with Gasteiger partial charge in [0.2, 0.25) is 5.91 Å². The van der Waals surface area contributed by atoms with Crippen LogP contribution in [0.25, 0.3) is 0 Å². The molecule has 1 aromatic heterocycles. The van der Waals surface area contributed by atoms with Gasteiger partial charge in [-0.1, -0.05) is 0 Å². The molecule has 2 heterocycles. The third-order valence-electron chi connectivity index (χ3n) is 2.53. The van der Waals surface area contributed by atoms with E-state index in [0.717, 1.165) is 23.9 Å². The molecular weight excluding hydrogens is 238 g/mol. The summed E-state index contributed by atoms with van der Waals surface area (Å²) >= 11 is 1.81. The average Bonchev–Trinajstić information content (AvgIpc) is 2.76. The molecule has 1 atom stereocenters. The summed E-state index contributed by atoms with van der Waals surface area (Å²) in [5.74, 6) is 2.78. The topological polar surface area (TPSA) is 71.8 Å². The highest BCUT2D eigenvalue weighted by molar-refractivity contribution is 7.99.